The van der Waals surface area contributed by atoms with Crippen molar-refractivity contribution in [3.05, 3.63) is 28.3 Å². The molecule has 116 valence electrons. The minimum absolute atomic E-state index is 0.0580. The van der Waals surface area contributed by atoms with Gasteiger partial charge in [-0.15, -0.1) is 0 Å². The van der Waals surface area contributed by atoms with Crippen LogP contribution in [0, 0.1) is 16.0 Å². The molecular weight excluding hydrogens is 296 g/mol. The molecule has 8 heteroatoms. The van der Waals surface area contributed by atoms with Gasteiger partial charge in [-0.05, 0) is 25.5 Å². The summed E-state index contributed by atoms with van der Waals surface area (Å²) in [5.41, 5.74) is 0.0935. The smallest absolute Gasteiger partial charge is 0.293 e. The van der Waals surface area contributed by atoms with E-state index in [4.69, 9.17) is 4.74 Å². The van der Waals surface area contributed by atoms with Crippen molar-refractivity contribution in [2.75, 3.05) is 24.7 Å². The van der Waals surface area contributed by atoms with E-state index in [1.807, 2.05) is 6.92 Å². The fourth-order valence-corrected chi connectivity index (χ4v) is 2.97. The van der Waals surface area contributed by atoms with Crippen molar-refractivity contribution in [2.24, 2.45) is 5.92 Å². The minimum Gasteiger partial charge on any atom is -0.379 e. The Labute approximate surface area is 123 Å². The standard InChI is InChI=1S/C13H18N2O5S/c1-9-10(5-6-20-9)8-14-12-4-3-11(21(2,18)19)7-13(12)15(16)17/h3-4,7,9-10,14H,5-6,8H2,1-2H3. The zero-order valence-corrected chi connectivity index (χ0v) is 12.7. The van der Waals surface area contributed by atoms with Crippen LogP contribution >= 0.6 is 0 Å². The van der Waals surface area contributed by atoms with Crippen LogP contribution in [-0.2, 0) is 14.6 Å². The van der Waals surface area contributed by atoms with Crippen LogP contribution in [0.3, 0.4) is 0 Å². The lowest BCUT2D eigenvalue weighted by atomic mass is 10.0. The Balaban J connectivity index is 2.21. The second-order valence-corrected chi connectivity index (χ2v) is 7.23. The summed E-state index contributed by atoms with van der Waals surface area (Å²) in [7, 11) is -3.47. The molecule has 1 fully saturated rings. The predicted molar refractivity (Wildman–Crippen MR) is 78.2 cm³/mol. The number of nitro benzene ring substituents is 1. The molecular formula is C13H18N2O5S. The van der Waals surface area contributed by atoms with Crippen molar-refractivity contribution < 1.29 is 18.1 Å². The molecule has 1 aromatic rings. The first-order valence-corrected chi connectivity index (χ1v) is 8.52. The Kier molecular flexibility index (Phi) is 4.48. The lowest BCUT2D eigenvalue weighted by Gasteiger charge is -2.15. The maximum absolute atomic E-state index is 11.5. The van der Waals surface area contributed by atoms with Crippen LogP contribution in [0.15, 0.2) is 23.1 Å². The molecule has 7 nitrogen and oxygen atoms in total. The van der Waals surface area contributed by atoms with Crippen molar-refractivity contribution in [3.8, 4) is 0 Å². The molecule has 0 saturated carbocycles. The molecule has 2 atom stereocenters. The van der Waals surface area contributed by atoms with Gasteiger partial charge in [-0.2, -0.15) is 0 Å². The Morgan fingerprint density at radius 1 is 1.48 bits per heavy atom. The highest BCUT2D eigenvalue weighted by Gasteiger charge is 2.25. The summed E-state index contributed by atoms with van der Waals surface area (Å²) >= 11 is 0. The van der Waals surface area contributed by atoms with Crippen LogP contribution in [0.1, 0.15) is 13.3 Å². The SMILES string of the molecule is CC1OCCC1CNc1ccc(S(C)(=O)=O)cc1[N+](=O)[O-]. The molecule has 0 spiro atoms. The Hall–Kier alpha value is -1.67. The number of anilines is 1. The minimum atomic E-state index is -3.47. The zero-order chi connectivity index (χ0) is 15.6. The van der Waals surface area contributed by atoms with Gasteiger partial charge in [0.25, 0.3) is 5.69 Å². The van der Waals surface area contributed by atoms with Gasteiger partial charge in [0.2, 0.25) is 0 Å². The van der Waals surface area contributed by atoms with E-state index in [1.165, 1.54) is 12.1 Å². The lowest BCUT2D eigenvalue weighted by molar-refractivity contribution is -0.384. The number of hydrogen-bond acceptors (Lipinski definition) is 6. The Bertz CT molecular complexity index is 644. The van der Waals surface area contributed by atoms with Gasteiger partial charge < -0.3 is 10.1 Å². The van der Waals surface area contributed by atoms with Crippen molar-refractivity contribution >= 4 is 21.2 Å². The van der Waals surface area contributed by atoms with Crippen LogP contribution < -0.4 is 5.32 Å². The van der Waals surface area contributed by atoms with Crippen molar-refractivity contribution in [1.82, 2.24) is 0 Å². The average molecular weight is 314 g/mol. The highest BCUT2D eigenvalue weighted by Crippen LogP contribution is 2.29. The van der Waals surface area contributed by atoms with E-state index in [-0.39, 0.29) is 16.7 Å². The second kappa shape index (κ2) is 5.98. The fourth-order valence-electron chi connectivity index (χ4n) is 2.33. The first-order valence-electron chi connectivity index (χ1n) is 6.63. The molecule has 1 saturated heterocycles. The van der Waals surface area contributed by atoms with E-state index < -0.39 is 14.8 Å². The maximum atomic E-state index is 11.5. The zero-order valence-electron chi connectivity index (χ0n) is 11.9. The number of nitrogens with one attached hydrogen (secondary N) is 1. The maximum Gasteiger partial charge on any atom is 0.293 e. The summed E-state index contributed by atoms with van der Waals surface area (Å²) < 4.78 is 28.4. The van der Waals surface area contributed by atoms with E-state index in [0.29, 0.717) is 24.8 Å². The van der Waals surface area contributed by atoms with Gasteiger partial charge in [0, 0.05) is 31.4 Å². The second-order valence-electron chi connectivity index (χ2n) is 5.21. The third-order valence-electron chi connectivity index (χ3n) is 3.68. The van der Waals surface area contributed by atoms with E-state index in [1.54, 1.807) is 0 Å². The number of hydrogen-bond donors (Lipinski definition) is 1. The van der Waals surface area contributed by atoms with Gasteiger partial charge in [-0.25, -0.2) is 8.42 Å². The molecule has 1 aliphatic heterocycles. The van der Waals surface area contributed by atoms with Crippen LogP contribution in [0.25, 0.3) is 0 Å². The molecule has 0 aromatic heterocycles. The first-order chi connectivity index (χ1) is 9.79. The highest BCUT2D eigenvalue weighted by molar-refractivity contribution is 7.90. The van der Waals surface area contributed by atoms with Crippen molar-refractivity contribution in [2.45, 2.75) is 24.3 Å². The number of nitro groups is 1. The predicted octanol–water partition coefficient (Wildman–Crippen LogP) is 1.84. The Morgan fingerprint density at radius 2 is 2.19 bits per heavy atom. The monoisotopic (exact) mass is 314 g/mol. The molecule has 21 heavy (non-hydrogen) atoms. The van der Waals surface area contributed by atoms with E-state index in [0.717, 1.165) is 18.7 Å². The molecule has 1 heterocycles. The molecule has 1 aromatic carbocycles. The highest BCUT2D eigenvalue weighted by atomic mass is 32.2. The summed E-state index contributed by atoms with van der Waals surface area (Å²) in [4.78, 5) is 10.5. The molecule has 1 aliphatic rings. The topological polar surface area (TPSA) is 98.5 Å². The van der Waals surface area contributed by atoms with E-state index >= 15 is 0 Å². The van der Waals surface area contributed by atoms with Crippen molar-refractivity contribution in [1.29, 1.82) is 0 Å². The normalized spacial score (nSPS) is 22.2. The summed E-state index contributed by atoms with van der Waals surface area (Å²) in [6.07, 6.45) is 2.05. The van der Waals surface area contributed by atoms with Crippen LogP contribution in [-0.4, -0.2) is 38.9 Å². The van der Waals surface area contributed by atoms with Gasteiger partial charge in [-0.1, -0.05) is 0 Å². The van der Waals surface area contributed by atoms with E-state index in [9.17, 15) is 18.5 Å². The molecule has 2 unspecified atom stereocenters. The van der Waals surface area contributed by atoms with E-state index in [2.05, 4.69) is 5.32 Å². The largest absolute Gasteiger partial charge is 0.379 e. The summed E-state index contributed by atoms with van der Waals surface area (Å²) in [6, 6.07) is 3.90. The average Bonchev–Trinajstić information content (AvgIpc) is 2.80. The molecule has 0 bridgehead atoms. The molecule has 0 radical (unpaired) electrons. The quantitative estimate of drug-likeness (QED) is 0.657. The third kappa shape index (κ3) is 3.70. The van der Waals surface area contributed by atoms with Crippen LogP contribution in [0.2, 0.25) is 0 Å². The fraction of sp³-hybridized carbons (Fsp3) is 0.538. The number of ether oxygens (including phenoxy) is 1. The third-order valence-corrected chi connectivity index (χ3v) is 4.79. The molecule has 1 N–H and O–H groups in total. The molecule has 0 aliphatic carbocycles. The Morgan fingerprint density at radius 3 is 2.71 bits per heavy atom. The first kappa shape index (κ1) is 15.7. The van der Waals surface area contributed by atoms with Gasteiger partial charge in [0.1, 0.15) is 5.69 Å². The van der Waals surface area contributed by atoms with Gasteiger partial charge in [0.15, 0.2) is 9.84 Å². The lowest BCUT2D eigenvalue weighted by Crippen LogP contribution is -2.21. The van der Waals surface area contributed by atoms with Crippen LogP contribution in [0.5, 0.6) is 0 Å². The number of sulfone groups is 1. The summed E-state index contributed by atoms with van der Waals surface area (Å²) in [6.45, 7) is 3.23. The van der Waals surface area contributed by atoms with Gasteiger partial charge in [0.05, 0.1) is 15.9 Å². The van der Waals surface area contributed by atoms with Gasteiger partial charge in [-0.3, -0.25) is 10.1 Å². The van der Waals surface area contributed by atoms with Crippen LogP contribution in [0.4, 0.5) is 11.4 Å². The molecule has 0 amide bonds. The number of benzene rings is 1. The number of rotatable bonds is 5. The molecule has 2 rings (SSSR count). The van der Waals surface area contributed by atoms with Crippen molar-refractivity contribution in [3.63, 3.8) is 0 Å². The number of nitrogens with zero attached hydrogens (tertiary/aromatic N) is 1. The van der Waals surface area contributed by atoms with Gasteiger partial charge >= 0.3 is 0 Å². The summed E-state index contributed by atoms with van der Waals surface area (Å²) in [5.74, 6) is 0.291. The summed E-state index contributed by atoms with van der Waals surface area (Å²) in [5, 5.41) is 14.1.